The van der Waals surface area contributed by atoms with Gasteiger partial charge in [-0.3, -0.25) is 19.7 Å². The second-order valence-corrected chi connectivity index (χ2v) is 2.72. The standard InChI is InChI=1S/C8H10N2O3/c1-2-6(11)9-5-3-4-7(12)10-8(5)13/h2,5H,1,3-4H2,(H,9,11)(H,10,12,13). The van der Waals surface area contributed by atoms with E-state index < -0.39 is 17.9 Å². The van der Waals surface area contributed by atoms with Crippen LogP contribution in [0.25, 0.3) is 0 Å². The Kier molecular flexibility index (Phi) is 2.79. The molecule has 0 bridgehead atoms. The Balaban J connectivity index is 2.51. The molecule has 1 heterocycles. The minimum Gasteiger partial charge on any atom is -0.341 e. The molecule has 0 aromatic heterocycles. The summed E-state index contributed by atoms with van der Waals surface area (Å²) in [7, 11) is 0. The van der Waals surface area contributed by atoms with Gasteiger partial charge in [0.1, 0.15) is 6.04 Å². The van der Waals surface area contributed by atoms with E-state index in [1.54, 1.807) is 0 Å². The highest BCUT2D eigenvalue weighted by Crippen LogP contribution is 2.03. The maximum Gasteiger partial charge on any atom is 0.249 e. The van der Waals surface area contributed by atoms with E-state index >= 15 is 0 Å². The highest BCUT2D eigenvalue weighted by atomic mass is 16.2. The van der Waals surface area contributed by atoms with Crippen molar-refractivity contribution in [2.75, 3.05) is 0 Å². The molecule has 0 spiro atoms. The van der Waals surface area contributed by atoms with Gasteiger partial charge in [-0.1, -0.05) is 6.58 Å². The summed E-state index contributed by atoms with van der Waals surface area (Å²) in [4.78, 5) is 32.6. The molecule has 0 aromatic carbocycles. The van der Waals surface area contributed by atoms with Gasteiger partial charge in [0.25, 0.3) is 0 Å². The van der Waals surface area contributed by atoms with Gasteiger partial charge in [-0.2, -0.15) is 0 Å². The first kappa shape index (κ1) is 9.44. The Labute approximate surface area is 75.2 Å². The van der Waals surface area contributed by atoms with Gasteiger partial charge in [0.15, 0.2) is 0 Å². The van der Waals surface area contributed by atoms with Crippen LogP contribution >= 0.6 is 0 Å². The number of piperidine rings is 1. The number of rotatable bonds is 2. The van der Waals surface area contributed by atoms with E-state index in [9.17, 15) is 14.4 Å². The van der Waals surface area contributed by atoms with Gasteiger partial charge in [-0.25, -0.2) is 0 Å². The quantitative estimate of drug-likeness (QED) is 0.429. The third-order valence-corrected chi connectivity index (χ3v) is 1.74. The summed E-state index contributed by atoms with van der Waals surface area (Å²) in [6, 6.07) is -0.608. The maximum absolute atomic E-state index is 11.1. The zero-order valence-corrected chi connectivity index (χ0v) is 7.00. The molecule has 3 amide bonds. The Morgan fingerprint density at radius 1 is 1.62 bits per heavy atom. The van der Waals surface area contributed by atoms with Crippen LogP contribution in [0.4, 0.5) is 0 Å². The minimum absolute atomic E-state index is 0.258. The molecule has 0 aromatic rings. The van der Waals surface area contributed by atoms with Gasteiger partial charge >= 0.3 is 0 Å². The van der Waals surface area contributed by atoms with Crippen molar-refractivity contribution in [3.63, 3.8) is 0 Å². The predicted octanol–water partition coefficient (Wildman–Crippen LogP) is -0.906. The van der Waals surface area contributed by atoms with Crippen LogP contribution in [-0.4, -0.2) is 23.8 Å². The summed E-state index contributed by atoms with van der Waals surface area (Å²) in [6.45, 7) is 3.26. The van der Waals surface area contributed by atoms with Crippen LogP contribution in [0.2, 0.25) is 0 Å². The molecular weight excluding hydrogens is 172 g/mol. The number of amides is 3. The molecule has 1 saturated heterocycles. The molecule has 0 radical (unpaired) electrons. The van der Waals surface area contributed by atoms with Crippen molar-refractivity contribution in [1.82, 2.24) is 10.6 Å². The van der Waals surface area contributed by atoms with Crippen molar-refractivity contribution >= 4 is 17.7 Å². The summed E-state index contributed by atoms with van der Waals surface area (Å²) in [5.41, 5.74) is 0. The average molecular weight is 182 g/mol. The van der Waals surface area contributed by atoms with Gasteiger partial charge in [-0.05, 0) is 12.5 Å². The van der Waals surface area contributed by atoms with Gasteiger partial charge in [-0.15, -0.1) is 0 Å². The molecule has 1 rings (SSSR count). The average Bonchev–Trinajstić information content (AvgIpc) is 2.09. The number of imide groups is 1. The summed E-state index contributed by atoms with van der Waals surface area (Å²) in [5.74, 6) is -1.16. The van der Waals surface area contributed by atoms with E-state index in [1.165, 1.54) is 0 Å². The molecule has 13 heavy (non-hydrogen) atoms. The Hall–Kier alpha value is -1.65. The number of carbonyl (C=O) groups excluding carboxylic acids is 3. The molecule has 1 unspecified atom stereocenters. The second-order valence-electron chi connectivity index (χ2n) is 2.72. The largest absolute Gasteiger partial charge is 0.341 e. The van der Waals surface area contributed by atoms with Crippen molar-refractivity contribution in [2.45, 2.75) is 18.9 Å². The lowest BCUT2D eigenvalue weighted by atomic mass is 10.1. The van der Waals surface area contributed by atoms with E-state index in [-0.39, 0.29) is 12.3 Å². The van der Waals surface area contributed by atoms with Crippen molar-refractivity contribution in [3.05, 3.63) is 12.7 Å². The van der Waals surface area contributed by atoms with Crippen LogP contribution in [-0.2, 0) is 14.4 Å². The number of carbonyl (C=O) groups is 3. The molecule has 1 fully saturated rings. The third-order valence-electron chi connectivity index (χ3n) is 1.74. The molecule has 0 aliphatic carbocycles. The van der Waals surface area contributed by atoms with Gasteiger partial charge in [0.2, 0.25) is 17.7 Å². The fourth-order valence-electron chi connectivity index (χ4n) is 1.06. The zero-order valence-electron chi connectivity index (χ0n) is 7.00. The Morgan fingerprint density at radius 3 is 2.85 bits per heavy atom. The first-order valence-corrected chi connectivity index (χ1v) is 3.90. The molecule has 1 atom stereocenters. The molecule has 70 valence electrons. The SMILES string of the molecule is C=CC(=O)NC1CCC(=O)NC1=O. The lowest BCUT2D eigenvalue weighted by molar-refractivity contribution is -0.136. The van der Waals surface area contributed by atoms with Crippen molar-refractivity contribution in [2.24, 2.45) is 0 Å². The van der Waals surface area contributed by atoms with E-state index in [2.05, 4.69) is 17.2 Å². The Morgan fingerprint density at radius 2 is 2.31 bits per heavy atom. The van der Waals surface area contributed by atoms with Crippen LogP contribution in [0.3, 0.4) is 0 Å². The molecule has 5 nitrogen and oxygen atoms in total. The van der Waals surface area contributed by atoms with Crippen LogP contribution in [0.5, 0.6) is 0 Å². The fraction of sp³-hybridized carbons (Fsp3) is 0.375. The smallest absolute Gasteiger partial charge is 0.249 e. The summed E-state index contributed by atoms with van der Waals surface area (Å²) in [5, 5.41) is 4.55. The van der Waals surface area contributed by atoms with E-state index in [0.29, 0.717) is 6.42 Å². The molecule has 0 saturated carbocycles. The molecule has 1 aliphatic heterocycles. The van der Waals surface area contributed by atoms with Crippen molar-refractivity contribution in [3.8, 4) is 0 Å². The molecular formula is C8H10N2O3. The van der Waals surface area contributed by atoms with Crippen LogP contribution in [0.1, 0.15) is 12.8 Å². The van der Waals surface area contributed by atoms with E-state index in [4.69, 9.17) is 0 Å². The lowest BCUT2D eigenvalue weighted by Gasteiger charge is -2.20. The van der Waals surface area contributed by atoms with E-state index in [1.807, 2.05) is 0 Å². The first-order valence-electron chi connectivity index (χ1n) is 3.90. The molecule has 2 N–H and O–H groups in total. The lowest BCUT2D eigenvalue weighted by Crippen LogP contribution is -2.51. The number of hydrogen-bond acceptors (Lipinski definition) is 3. The highest BCUT2D eigenvalue weighted by molar-refractivity contribution is 6.02. The summed E-state index contributed by atoms with van der Waals surface area (Å²) in [6.07, 6.45) is 1.70. The van der Waals surface area contributed by atoms with Gasteiger partial charge in [0.05, 0.1) is 0 Å². The topological polar surface area (TPSA) is 75.3 Å². The van der Waals surface area contributed by atoms with Crippen LogP contribution < -0.4 is 10.6 Å². The van der Waals surface area contributed by atoms with E-state index in [0.717, 1.165) is 6.08 Å². The van der Waals surface area contributed by atoms with Gasteiger partial charge in [0, 0.05) is 6.42 Å². The van der Waals surface area contributed by atoms with Crippen molar-refractivity contribution in [1.29, 1.82) is 0 Å². The van der Waals surface area contributed by atoms with Crippen molar-refractivity contribution < 1.29 is 14.4 Å². The summed E-state index contributed by atoms with van der Waals surface area (Å²) >= 11 is 0. The zero-order chi connectivity index (χ0) is 9.84. The molecule has 1 aliphatic rings. The first-order chi connectivity index (χ1) is 6.13. The summed E-state index contributed by atoms with van der Waals surface area (Å²) < 4.78 is 0. The maximum atomic E-state index is 11.1. The van der Waals surface area contributed by atoms with Crippen LogP contribution in [0.15, 0.2) is 12.7 Å². The van der Waals surface area contributed by atoms with Crippen LogP contribution in [0, 0.1) is 0 Å². The minimum atomic E-state index is -0.608. The second kappa shape index (κ2) is 3.84. The number of hydrogen-bond donors (Lipinski definition) is 2. The highest BCUT2D eigenvalue weighted by Gasteiger charge is 2.26. The predicted molar refractivity (Wildman–Crippen MR) is 44.5 cm³/mol. The molecule has 5 heteroatoms. The van der Waals surface area contributed by atoms with Gasteiger partial charge < -0.3 is 5.32 Å². The Bertz CT molecular complexity index is 273. The normalized spacial score (nSPS) is 22.0. The number of nitrogens with one attached hydrogen (secondary N) is 2. The fourth-order valence-corrected chi connectivity index (χ4v) is 1.06. The third kappa shape index (κ3) is 2.40. The monoisotopic (exact) mass is 182 g/mol.